The van der Waals surface area contributed by atoms with Crippen molar-refractivity contribution in [2.45, 2.75) is 6.10 Å². The molecule has 132 valence electrons. The van der Waals surface area contributed by atoms with E-state index >= 15 is 0 Å². The highest BCUT2D eigenvalue weighted by atomic mass is 32.2. The third-order valence-corrected chi connectivity index (χ3v) is 4.93. The standard InChI is InChI=1S/C15H12F2N2O5S/c16-10-5-9(19-7-12(14(18)20)24-15(19)21)6-11(17)13(10)8-1-3-25(22,23)4-2-8/h1-3,5-6,12H,4,7H2,(H2,18,20). The summed E-state index contributed by atoms with van der Waals surface area (Å²) in [5.41, 5.74) is 4.58. The average Bonchev–Trinajstić information content (AvgIpc) is 2.90. The molecule has 2 amide bonds. The molecule has 1 aromatic rings. The monoisotopic (exact) mass is 370 g/mol. The summed E-state index contributed by atoms with van der Waals surface area (Å²) in [6.07, 6.45) is 0.155. The molecule has 0 spiro atoms. The first-order chi connectivity index (χ1) is 11.7. The molecular weight excluding hydrogens is 358 g/mol. The van der Waals surface area contributed by atoms with Crippen LogP contribution in [0.25, 0.3) is 5.57 Å². The minimum absolute atomic E-state index is 0.0791. The second kappa shape index (κ2) is 5.96. The van der Waals surface area contributed by atoms with E-state index in [4.69, 9.17) is 10.5 Å². The van der Waals surface area contributed by atoms with Gasteiger partial charge < -0.3 is 10.5 Å². The number of halogens is 2. The number of benzene rings is 1. The molecule has 3 rings (SSSR count). The third-order valence-electron chi connectivity index (χ3n) is 3.75. The number of carbonyl (C=O) groups is 2. The lowest BCUT2D eigenvalue weighted by molar-refractivity contribution is -0.124. The van der Waals surface area contributed by atoms with Gasteiger partial charge in [0.2, 0.25) is 0 Å². The molecule has 0 aromatic heterocycles. The molecule has 0 radical (unpaired) electrons. The van der Waals surface area contributed by atoms with Crippen LogP contribution in [0.5, 0.6) is 0 Å². The first-order valence-electron chi connectivity index (χ1n) is 7.06. The summed E-state index contributed by atoms with van der Waals surface area (Å²) in [5, 5.41) is 0.879. The average molecular weight is 370 g/mol. The molecule has 0 bridgehead atoms. The van der Waals surface area contributed by atoms with Crippen molar-refractivity contribution in [1.82, 2.24) is 0 Å². The number of primary amides is 1. The van der Waals surface area contributed by atoms with Crippen LogP contribution in [-0.4, -0.2) is 38.8 Å². The Labute approximate surface area is 141 Å². The van der Waals surface area contributed by atoms with Gasteiger partial charge in [-0.05, 0) is 23.8 Å². The number of hydrogen-bond donors (Lipinski definition) is 1. The number of hydrogen-bond acceptors (Lipinski definition) is 5. The molecule has 25 heavy (non-hydrogen) atoms. The molecule has 2 heterocycles. The Morgan fingerprint density at radius 2 is 1.92 bits per heavy atom. The molecule has 1 aromatic carbocycles. The first kappa shape index (κ1) is 17.1. The largest absolute Gasteiger partial charge is 0.434 e. The Morgan fingerprint density at radius 3 is 2.40 bits per heavy atom. The minimum atomic E-state index is -3.41. The van der Waals surface area contributed by atoms with Crippen molar-refractivity contribution >= 4 is 33.1 Å². The van der Waals surface area contributed by atoms with E-state index in [2.05, 4.69) is 0 Å². The van der Waals surface area contributed by atoms with Crippen molar-refractivity contribution in [3.8, 4) is 0 Å². The van der Waals surface area contributed by atoms with Gasteiger partial charge in [-0.1, -0.05) is 6.08 Å². The second-order valence-electron chi connectivity index (χ2n) is 5.46. The van der Waals surface area contributed by atoms with Crippen LogP contribution in [0.4, 0.5) is 19.3 Å². The molecular formula is C15H12F2N2O5S. The van der Waals surface area contributed by atoms with Crippen molar-refractivity contribution in [3.05, 3.63) is 46.9 Å². The lowest BCUT2D eigenvalue weighted by Gasteiger charge is -2.16. The zero-order chi connectivity index (χ0) is 18.4. The van der Waals surface area contributed by atoms with Crippen LogP contribution in [0.2, 0.25) is 0 Å². The molecule has 1 fully saturated rings. The first-order valence-corrected chi connectivity index (χ1v) is 8.77. The summed E-state index contributed by atoms with van der Waals surface area (Å²) in [6.45, 7) is -0.257. The van der Waals surface area contributed by atoms with Crippen molar-refractivity contribution < 1.29 is 31.5 Å². The van der Waals surface area contributed by atoms with Gasteiger partial charge in [-0.25, -0.2) is 22.0 Å². The summed E-state index contributed by atoms with van der Waals surface area (Å²) >= 11 is 0. The van der Waals surface area contributed by atoms with E-state index in [-0.39, 0.29) is 23.6 Å². The number of anilines is 1. The minimum Gasteiger partial charge on any atom is -0.434 e. The molecule has 0 saturated carbocycles. The van der Waals surface area contributed by atoms with E-state index in [1.54, 1.807) is 0 Å². The van der Waals surface area contributed by atoms with E-state index in [0.29, 0.717) is 0 Å². The maximum Gasteiger partial charge on any atom is 0.415 e. The van der Waals surface area contributed by atoms with Crippen LogP contribution in [-0.2, 0) is 19.4 Å². The van der Waals surface area contributed by atoms with Crippen molar-refractivity contribution in [1.29, 1.82) is 0 Å². The summed E-state index contributed by atoms with van der Waals surface area (Å²) in [6, 6.07) is 1.81. The SMILES string of the molecule is NC(=O)C1CN(c2cc(F)c(C3=CCS(=O)(=O)C=C3)c(F)c2)C(=O)O1. The van der Waals surface area contributed by atoms with Crippen LogP contribution >= 0.6 is 0 Å². The Bertz CT molecular complexity index is 916. The Morgan fingerprint density at radius 1 is 1.28 bits per heavy atom. The van der Waals surface area contributed by atoms with Gasteiger partial charge in [-0.2, -0.15) is 0 Å². The van der Waals surface area contributed by atoms with Gasteiger partial charge >= 0.3 is 6.09 Å². The van der Waals surface area contributed by atoms with E-state index in [0.717, 1.165) is 28.5 Å². The number of carbonyl (C=O) groups excluding carboxylic acids is 2. The van der Waals surface area contributed by atoms with Crippen LogP contribution in [0.1, 0.15) is 5.56 Å². The number of ether oxygens (including phenoxy) is 1. The highest BCUT2D eigenvalue weighted by Crippen LogP contribution is 2.31. The van der Waals surface area contributed by atoms with Gasteiger partial charge in [0.15, 0.2) is 15.9 Å². The van der Waals surface area contributed by atoms with Crippen molar-refractivity contribution in [2.75, 3.05) is 17.2 Å². The maximum absolute atomic E-state index is 14.4. The molecule has 2 aliphatic rings. The molecule has 1 atom stereocenters. The summed E-state index contributed by atoms with van der Waals surface area (Å²) in [4.78, 5) is 23.7. The quantitative estimate of drug-likeness (QED) is 0.857. The number of nitrogens with two attached hydrogens (primary N) is 1. The van der Waals surface area contributed by atoms with Gasteiger partial charge in [-0.15, -0.1) is 0 Å². The van der Waals surface area contributed by atoms with Gasteiger partial charge in [0.05, 0.1) is 23.5 Å². The van der Waals surface area contributed by atoms with Crippen molar-refractivity contribution in [3.63, 3.8) is 0 Å². The fourth-order valence-corrected chi connectivity index (χ4v) is 3.38. The zero-order valence-corrected chi connectivity index (χ0v) is 13.4. The molecule has 0 aliphatic carbocycles. The van der Waals surface area contributed by atoms with Gasteiger partial charge in [0.25, 0.3) is 5.91 Å². The van der Waals surface area contributed by atoms with Crippen LogP contribution in [0.3, 0.4) is 0 Å². The smallest absolute Gasteiger partial charge is 0.415 e. The molecule has 1 unspecified atom stereocenters. The predicted molar refractivity (Wildman–Crippen MR) is 84.1 cm³/mol. The number of sulfone groups is 1. The predicted octanol–water partition coefficient (Wildman–Crippen LogP) is 1.10. The highest BCUT2D eigenvalue weighted by Gasteiger charge is 2.36. The van der Waals surface area contributed by atoms with E-state index in [1.165, 1.54) is 6.08 Å². The number of allylic oxidation sites excluding steroid dienone is 2. The molecule has 7 nitrogen and oxygen atoms in total. The van der Waals surface area contributed by atoms with Gasteiger partial charge in [0.1, 0.15) is 11.6 Å². The Balaban J connectivity index is 1.94. The number of nitrogens with zero attached hydrogens (tertiary/aromatic N) is 1. The van der Waals surface area contributed by atoms with Gasteiger partial charge in [-0.3, -0.25) is 9.69 Å². The maximum atomic E-state index is 14.4. The van der Waals surface area contributed by atoms with E-state index in [9.17, 15) is 26.8 Å². The normalized spacial score (nSPS) is 21.8. The topological polar surface area (TPSA) is 107 Å². The van der Waals surface area contributed by atoms with Crippen LogP contribution < -0.4 is 10.6 Å². The fraction of sp³-hybridized carbons (Fsp3) is 0.200. The molecule has 10 heteroatoms. The fourth-order valence-electron chi connectivity index (χ4n) is 2.51. The van der Waals surface area contributed by atoms with E-state index < -0.39 is 45.1 Å². The third kappa shape index (κ3) is 3.25. The number of amides is 2. The molecule has 1 saturated heterocycles. The van der Waals surface area contributed by atoms with Crippen molar-refractivity contribution in [2.24, 2.45) is 5.73 Å². The zero-order valence-electron chi connectivity index (χ0n) is 12.6. The van der Waals surface area contributed by atoms with Gasteiger partial charge in [0, 0.05) is 5.41 Å². The molecule has 2 aliphatic heterocycles. The van der Waals surface area contributed by atoms with Crippen LogP contribution in [0, 0.1) is 11.6 Å². The second-order valence-corrected chi connectivity index (χ2v) is 7.39. The van der Waals surface area contributed by atoms with Crippen LogP contribution in [0.15, 0.2) is 29.7 Å². The van der Waals surface area contributed by atoms with E-state index in [1.807, 2.05) is 0 Å². The summed E-state index contributed by atoms with van der Waals surface area (Å²) < 4.78 is 56.2. The number of rotatable bonds is 3. The Hall–Kier alpha value is -2.75. The molecule has 2 N–H and O–H groups in total. The lowest BCUT2D eigenvalue weighted by atomic mass is 10.0. The summed E-state index contributed by atoms with van der Waals surface area (Å²) in [7, 11) is -3.41. The highest BCUT2D eigenvalue weighted by molar-refractivity contribution is 7.94. The lowest BCUT2D eigenvalue weighted by Crippen LogP contribution is -2.32. The Kier molecular flexibility index (Phi) is 4.07. The number of cyclic esters (lactones) is 1. The summed E-state index contributed by atoms with van der Waals surface area (Å²) in [5.74, 6) is -3.20.